The summed E-state index contributed by atoms with van der Waals surface area (Å²) in [7, 11) is 3.87. The molecule has 0 aliphatic carbocycles. The van der Waals surface area contributed by atoms with Gasteiger partial charge in [0.2, 0.25) is 0 Å². The molecule has 0 amide bonds. The normalized spacial score (nSPS) is 15.9. The highest BCUT2D eigenvalue weighted by Crippen LogP contribution is 2.39. The number of benzene rings is 2. The Morgan fingerprint density at radius 2 is 1.70 bits per heavy atom. The Morgan fingerprint density at radius 3 is 2.40 bits per heavy atom. The van der Waals surface area contributed by atoms with E-state index in [2.05, 4.69) is 0 Å². The second-order valence-corrected chi connectivity index (χ2v) is 10.8. The quantitative estimate of drug-likeness (QED) is 0.168. The molecule has 30 heavy (non-hydrogen) atoms. The first-order valence-electron chi connectivity index (χ1n) is 10.0. The van der Waals surface area contributed by atoms with Crippen LogP contribution in [0.3, 0.4) is 0 Å². The van der Waals surface area contributed by atoms with Gasteiger partial charge in [0, 0.05) is 33.9 Å². The Labute approximate surface area is 195 Å². The lowest BCUT2D eigenvalue weighted by atomic mass is 9.98. The molecule has 0 saturated carbocycles. The molecule has 0 aromatic heterocycles. The first kappa shape index (κ1) is 23.5. The summed E-state index contributed by atoms with van der Waals surface area (Å²) >= 11 is 12.6. The molecule has 1 aliphatic rings. The molecule has 2 aromatic rings. The third-order valence-corrected chi connectivity index (χ3v) is 8.71. The van der Waals surface area contributed by atoms with Gasteiger partial charge in [-0.1, -0.05) is 81.5 Å². The number of rotatable bonds is 9. The summed E-state index contributed by atoms with van der Waals surface area (Å²) in [5.74, 6) is 0.247. The van der Waals surface area contributed by atoms with Crippen LogP contribution in [0.2, 0.25) is 10.0 Å². The average Bonchev–Trinajstić information content (AvgIpc) is 3.23. The minimum absolute atomic E-state index is 0.0416. The molecule has 0 spiro atoms. The van der Waals surface area contributed by atoms with Crippen molar-refractivity contribution in [1.82, 2.24) is 0 Å². The molecule has 160 valence electrons. The van der Waals surface area contributed by atoms with E-state index in [1.165, 1.54) is 12.2 Å². The topological polar surface area (TPSA) is 43.4 Å². The van der Waals surface area contributed by atoms with E-state index in [-0.39, 0.29) is 12.8 Å². The van der Waals surface area contributed by atoms with Gasteiger partial charge in [0.05, 0.1) is 6.42 Å². The zero-order chi connectivity index (χ0) is 21.3. The highest BCUT2D eigenvalue weighted by molar-refractivity contribution is 8.77. The number of carbonyl (C=O) groups excluding carboxylic acids is 2. The predicted octanol–water partition coefficient (Wildman–Crippen LogP) is 6.91. The van der Waals surface area contributed by atoms with Gasteiger partial charge in [-0.2, -0.15) is 0 Å². The maximum absolute atomic E-state index is 12.3. The predicted molar refractivity (Wildman–Crippen MR) is 127 cm³/mol. The number of esters is 2. The van der Waals surface area contributed by atoms with Gasteiger partial charge in [-0.15, -0.1) is 0 Å². The molecule has 7 heteroatoms. The van der Waals surface area contributed by atoms with Crippen molar-refractivity contribution in [1.29, 1.82) is 0 Å². The van der Waals surface area contributed by atoms with E-state index in [0.29, 0.717) is 21.7 Å². The van der Waals surface area contributed by atoms with Crippen LogP contribution < -0.4 is 0 Å². The molecule has 3 nitrogen and oxygen atoms in total. The summed E-state index contributed by atoms with van der Waals surface area (Å²) in [4.78, 5) is 24.3. The Balaban J connectivity index is 1.49. The Morgan fingerprint density at radius 1 is 0.967 bits per heavy atom. The standard InChI is InChI=1S/C23H24Cl2O3S2/c24-20-9-5-10-21(25)19(20)14-16-6-1-2-7-17(16)15-23(27)28-22(26)11-4-3-8-18-12-13-29-30-18/h1-2,5-7,9-10,18H,3-4,8,11-15H2. The van der Waals surface area contributed by atoms with E-state index in [9.17, 15) is 9.59 Å². The lowest BCUT2D eigenvalue weighted by Crippen LogP contribution is -2.15. The lowest BCUT2D eigenvalue weighted by Gasteiger charge is -2.12. The van der Waals surface area contributed by atoms with Crippen LogP contribution in [0.1, 0.15) is 48.8 Å². The summed E-state index contributed by atoms with van der Waals surface area (Å²) in [6.45, 7) is 0. The smallest absolute Gasteiger partial charge is 0.317 e. The van der Waals surface area contributed by atoms with Crippen LogP contribution in [0.5, 0.6) is 0 Å². The molecule has 2 aromatic carbocycles. The van der Waals surface area contributed by atoms with Crippen LogP contribution in [0.25, 0.3) is 0 Å². The SMILES string of the molecule is O=C(CCCCC1CCSS1)OC(=O)Cc1ccccc1Cc1c(Cl)cccc1Cl. The summed E-state index contributed by atoms with van der Waals surface area (Å²) in [6.07, 6.45) is 4.95. The van der Waals surface area contributed by atoms with Gasteiger partial charge in [0.25, 0.3) is 0 Å². The van der Waals surface area contributed by atoms with Crippen LogP contribution >= 0.6 is 44.8 Å². The van der Waals surface area contributed by atoms with Gasteiger partial charge >= 0.3 is 11.9 Å². The monoisotopic (exact) mass is 482 g/mol. The zero-order valence-corrected chi connectivity index (χ0v) is 19.7. The van der Waals surface area contributed by atoms with Crippen LogP contribution in [0.15, 0.2) is 42.5 Å². The van der Waals surface area contributed by atoms with Gasteiger partial charge in [0.1, 0.15) is 0 Å². The fraction of sp³-hybridized carbons (Fsp3) is 0.391. The maximum Gasteiger partial charge on any atom is 0.317 e. The van der Waals surface area contributed by atoms with Crippen molar-refractivity contribution in [3.8, 4) is 0 Å². The summed E-state index contributed by atoms with van der Waals surface area (Å²) in [5.41, 5.74) is 2.56. The van der Waals surface area contributed by atoms with E-state index in [4.69, 9.17) is 27.9 Å². The van der Waals surface area contributed by atoms with Gasteiger partial charge in [-0.3, -0.25) is 9.59 Å². The van der Waals surface area contributed by atoms with Crippen LogP contribution in [-0.2, 0) is 27.2 Å². The first-order valence-corrected chi connectivity index (χ1v) is 13.2. The lowest BCUT2D eigenvalue weighted by molar-refractivity contribution is -0.159. The average molecular weight is 483 g/mol. The van der Waals surface area contributed by atoms with Crippen LogP contribution in [-0.4, -0.2) is 22.9 Å². The van der Waals surface area contributed by atoms with Gasteiger partial charge in [-0.05, 0) is 48.1 Å². The maximum atomic E-state index is 12.3. The Kier molecular flexibility index (Phi) is 9.44. The summed E-state index contributed by atoms with van der Waals surface area (Å²) in [6, 6.07) is 13.0. The number of ether oxygens (including phenoxy) is 1. The third-order valence-electron chi connectivity index (χ3n) is 4.99. The van der Waals surface area contributed by atoms with E-state index in [0.717, 1.165) is 36.0 Å². The molecule has 1 aliphatic heterocycles. The number of carbonyl (C=O) groups is 2. The van der Waals surface area contributed by atoms with Gasteiger partial charge in [-0.25, -0.2) is 0 Å². The molecular weight excluding hydrogens is 459 g/mol. The number of hydrogen-bond donors (Lipinski definition) is 0. The van der Waals surface area contributed by atoms with Crippen molar-refractivity contribution in [2.24, 2.45) is 0 Å². The van der Waals surface area contributed by atoms with Crippen molar-refractivity contribution in [3.05, 3.63) is 69.2 Å². The Hall–Kier alpha value is -1.14. The summed E-state index contributed by atoms with van der Waals surface area (Å²) in [5, 5.41) is 1.88. The van der Waals surface area contributed by atoms with Crippen molar-refractivity contribution >= 4 is 56.7 Å². The fourth-order valence-electron chi connectivity index (χ4n) is 3.37. The first-order chi connectivity index (χ1) is 14.5. The zero-order valence-electron chi connectivity index (χ0n) is 16.6. The second kappa shape index (κ2) is 12.0. The van der Waals surface area contributed by atoms with Crippen molar-refractivity contribution in [2.45, 2.75) is 50.2 Å². The molecule has 0 bridgehead atoms. The van der Waals surface area contributed by atoms with E-state index >= 15 is 0 Å². The van der Waals surface area contributed by atoms with Gasteiger partial charge in [0.15, 0.2) is 0 Å². The summed E-state index contributed by atoms with van der Waals surface area (Å²) < 4.78 is 5.04. The molecule has 0 radical (unpaired) electrons. The van der Waals surface area contributed by atoms with Crippen molar-refractivity contribution in [3.63, 3.8) is 0 Å². The molecule has 3 rings (SSSR count). The minimum atomic E-state index is -0.527. The number of unbranched alkanes of at least 4 members (excludes halogenated alkanes) is 1. The second-order valence-electron chi connectivity index (χ2n) is 7.24. The molecule has 1 unspecified atom stereocenters. The number of hydrogen-bond acceptors (Lipinski definition) is 5. The van der Waals surface area contributed by atoms with E-state index in [1.807, 2.05) is 45.9 Å². The number of halogens is 2. The largest absolute Gasteiger partial charge is 0.393 e. The van der Waals surface area contributed by atoms with Gasteiger partial charge < -0.3 is 4.74 Å². The van der Waals surface area contributed by atoms with E-state index < -0.39 is 11.9 Å². The Bertz CT molecular complexity index is 862. The molecule has 1 fully saturated rings. The van der Waals surface area contributed by atoms with E-state index in [1.54, 1.807) is 18.2 Å². The molecule has 1 saturated heterocycles. The van der Waals surface area contributed by atoms with Crippen molar-refractivity contribution in [2.75, 3.05) is 5.75 Å². The fourth-order valence-corrected chi connectivity index (χ4v) is 6.93. The molecular formula is C23H24Cl2O3S2. The molecule has 1 atom stereocenters. The highest BCUT2D eigenvalue weighted by atomic mass is 35.5. The van der Waals surface area contributed by atoms with Crippen molar-refractivity contribution < 1.29 is 14.3 Å². The molecule has 1 heterocycles. The van der Waals surface area contributed by atoms with Crippen LogP contribution in [0, 0.1) is 0 Å². The minimum Gasteiger partial charge on any atom is -0.393 e. The molecule has 0 N–H and O–H groups in total. The van der Waals surface area contributed by atoms with Crippen LogP contribution in [0.4, 0.5) is 0 Å². The highest BCUT2D eigenvalue weighted by Gasteiger charge is 2.17. The third kappa shape index (κ3) is 7.23.